The molecule has 0 spiro atoms. The largest absolute Gasteiger partial charge is 0.347 e. The third-order valence-electron chi connectivity index (χ3n) is 3.14. The van der Waals surface area contributed by atoms with Crippen LogP contribution in [0, 0.1) is 0 Å². The molecule has 0 aliphatic carbocycles. The molecular formula is C13H15ClN2O2. The van der Waals surface area contributed by atoms with Crippen LogP contribution < -0.4 is 5.32 Å². The standard InChI is InChI=1S/C13H15ClN2O2/c1-9(10-3-2-4-11(14)7-10)16-6-5-12(17)15-8-13(16)18/h2-4,7,9H,5-6,8H2,1H3,(H,15,17). The van der Waals surface area contributed by atoms with E-state index >= 15 is 0 Å². The molecule has 18 heavy (non-hydrogen) atoms. The van der Waals surface area contributed by atoms with Gasteiger partial charge in [-0.25, -0.2) is 0 Å². The van der Waals surface area contributed by atoms with Crippen molar-refractivity contribution in [3.8, 4) is 0 Å². The normalized spacial score (nSPS) is 18.2. The molecule has 1 aromatic rings. The summed E-state index contributed by atoms with van der Waals surface area (Å²) in [6, 6.07) is 7.36. The van der Waals surface area contributed by atoms with E-state index in [1.165, 1.54) is 0 Å². The van der Waals surface area contributed by atoms with Crippen molar-refractivity contribution in [3.63, 3.8) is 0 Å². The summed E-state index contributed by atoms with van der Waals surface area (Å²) in [5, 5.41) is 3.23. The van der Waals surface area contributed by atoms with Gasteiger partial charge in [0.05, 0.1) is 12.6 Å². The van der Waals surface area contributed by atoms with Gasteiger partial charge in [-0.1, -0.05) is 23.7 Å². The average Bonchev–Trinajstić information content (AvgIpc) is 2.51. The van der Waals surface area contributed by atoms with Crippen molar-refractivity contribution in [2.45, 2.75) is 19.4 Å². The Morgan fingerprint density at radius 2 is 2.17 bits per heavy atom. The van der Waals surface area contributed by atoms with Gasteiger partial charge in [0.15, 0.2) is 0 Å². The highest BCUT2D eigenvalue weighted by Crippen LogP contribution is 2.23. The Bertz CT molecular complexity index is 476. The van der Waals surface area contributed by atoms with Gasteiger partial charge >= 0.3 is 0 Å². The molecule has 1 unspecified atom stereocenters. The van der Waals surface area contributed by atoms with Crippen molar-refractivity contribution in [1.82, 2.24) is 10.2 Å². The number of benzene rings is 1. The number of hydrogen-bond donors (Lipinski definition) is 1. The highest BCUT2D eigenvalue weighted by atomic mass is 35.5. The molecule has 0 bridgehead atoms. The zero-order valence-electron chi connectivity index (χ0n) is 10.1. The van der Waals surface area contributed by atoms with Crippen molar-refractivity contribution in [2.75, 3.05) is 13.1 Å². The van der Waals surface area contributed by atoms with Crippen LogP contribution in [0.4, 0.5) is 0 Å². The molecule has 2 rings (SSSR count). The van der Waals surface area contributed by atoms with E-state index in [1.807, 2.05) is 25.1 Å². The fraction of sp³-hybridized carbons (Fsp3) is 0.385. The SMILES string of the molecule is CC(c1cccc(Cl)c1)N1CCC(=O)NCC1=O. The van der Waals surface area contributed by atoms with Gasteiger partial charge in [-0.15, -0.1) is 0 Å². The predicted molar refractivity (Wildman–Crippen MR) is 69.2 cm³/mol. The van der Waals surface area contributed by atoms with Crippen molar-refractivity contribution in [2.24, 2.45) is 0 Å². The third kappa shape index (κ3) is 2.82. The van der Waals surface area contributed by atoms with E-state index in [0.717, 1.165) is 5.56 Å². The summed E-state index contributed by atoms with van der Waals surface area (Å²) in [6.45, 7) is 2.46. The van der Waals surface area contributed by atoms with E-state index in [-0.39, 0.29) is 24.4 Å². The molecular weight excluding hydrogens is 252 g/mol. The minimum atomic E-state index is -0.0797. The number of amides is 2. The Kier molecular flexibility index (Phi) is 3.87. The molecule has 1 fully saturated rings. The summed E-state index contributed by atoms with van der Waals surface area (Å²) in [5.74, 6) is -0.141. The molecule has 1 aromatic carbocycles. The van der Waals surface area contributed by atoms with E-state index in [9.17, 15) is 9.59 Å². The van der Waals surface area contributed by atoms with Gasteiger partial charge in [0.25, 0.3) is 0 Å². The van der Waals surface area contributed by atoms with Crippen LogP contribution in [-0.4, -0.2) is 29.8 Å². The topological polar surface area (TPSA) is 49.4 Å². The zero-order chi connectivity index (χ0) is 13.1. The maximum atomic E-state index is 11.9. The lowest BCUT2D eigenvalue weighted by Gasteiger charge is -2.27. The summed E-state index contributed by atoms with van der Waals surface area (Å²) in [5.41, 5.74) is 0.977. The maximum Gasteiger partial charge on any atom is 0.242 e. The highest BCUT2D eigenvalue weighted by Gasteiger charge is 2.25. The Morgan fingerprint density at radius 3 is 2.89 bits per heavy atom. The summed E-state index contributed by atoms with van der Waals surface area (Å²) < 4.78 is 0. The summed E-state index contributed by atoms with van der Waals surface area (Å²) in [6.07, 6.45) is 0.344. The Labute approximate surface area is 111 Å². The van der Waals surface area contributed by atoms with Crippen LogP contribution >= 0.6 is 11.6 Å². The number of carbonyl (C=O) groups is 2. The van der Waals surface area contributed by atoms with Crippen LogP contribution in [0.3, 0.4) is 0 Å². The molecule has 1 atom stereocenters. The number of nitrogens with one attached hydrogen (secondary N) is 1. The van der Waals surface area contributed by atoms with E-state index in [0.29, 0.717) is 18.0 Å². The third-order valence-corrected chi connectivity index (χ3v) is 3.37. The zero-order valence-corrected chi connectivity index (χ0v) is 10.9. The fourth-order valence-electron chi connectivity index (χ4n) is 2.07. The van der Waals surface area contributed by atoms with Crippen LogP contribution in [0.1, 0.15) is 24.9 Å². The van der Waals surface area contributed by atoms with Crippen LogP contribution in [0.15, 0.2) is 24.3 Å². The van der Waals surface area contributed by atoms with E-state index in [2.05, 4.69) is 5.32 Å². The monoisotopic (exact) mass is 266 g/mol. The van der Waals surface area contributed by atoms with Crippen molar-refractivity contribution in [1.29, 1.82) is 0 Å². The first kappa shape index (κ1) is 12.9. The highest BCUT2D eigenvalue weighted by molar-refractivity contribution is 6.30. The van der Waals surface area contributed by atoms with Crippen LogP contribution in [-0.2, 0) is 9.59 Å². The Balaban J connectivity index is 2.19. The van der Waals surface area contributed by atoms with Gasteiger partial charge in [-0.2, -0.15) is 0 Å². The van der Waals surface area contributed by atoms with Crippen LogP contribution in [0.25, 0.3) is 0 Å². The second-order valence-electron chi connectivity index (χ2n) is 4.34. The molecule has 0 saturated carbocycles. The number of hydrogen-bond acceptors (Lipinski definition) is 2. The van der Waals surface area contributed by atoms with E-state index in [4.69, 9.17) is 11.6 Å². The van der Waals surface area contributed by atoms with Crippen LogP contribution in [0.5, 0.6) is 0 Å². The van der Waals surface area contributed by atoms with E-state index in [1.54, 1.807) is 11.0 Å². The van der Waals surface area contributed by atoms with Gasteiger partial charge in [0.2, 0.25) is 11.8 Å². The first-order chi connectivity index (χ1) is 8.58. The lowest BCUT2D eigenvalue weighted by molar-refractivity contribution is -0.132. The molecule has 1 N–H and O–H groups in total. The minimum Gasteiger partial charge on any atom is -0.347 e. The molecule has 96 valence electrons. The minimum absolute atomic E-state index is 0.0617. The second kappa shape index (κ2) is 5.40. The molecule has 0 aromatic heterocycles. The molecule has 5 heteroatoms. The van der Waals surface area contributed by atoms with Gasteiger partial charge in [-0.3, -0.25) is 9.59 Å². The number of halogens is 1. The molecule has 1 aliphatic heterocycles. The first-order valence-electron chi connectivity index (χ1n) is 5.89. The second-order valence-corrected chi connectivity index (χ2v) is 4.78. The van der Waals surface area contributed by atoms with Gasteiger partial charge in [0.1, 0.15) is 0 Å². The molecule has 4 nitrogen and oxygen atoms in total. The molecule has 1 heterocycles. The molecule has 1 aliphatic rings. The summed E-state index contributed by atoms with van der Waals surface area (Å²) >= 11 is 5.95. The van der Waals surface area contributed by atoms with Crippen molar-refractivity contribution in [3.05, 3.63) is 34.9 Å². The average molecular weight is 267 g/mol. The summed E-state index contributed by atoms with van der Waals surface area (Å²) in [7, 11) is 0. The number of rotatable bonds is 2. The number of nitrogens with zero attached hydrogens (tertiary/aromatic N) is 1. The predicted octanol–water partition coefficient (Wildman–Crippen LogP) is 1.75. The lowest BCUT2D eigenvalue weighted by Crippen LogP contribution is -2.37. The van der Waals surface area contributed by atoms with Crippen molar-refractivity contribution < 1.29 is 9.59 Å². The fourth-order valence-corrected chi connectivity index (χ4v) is 2.27. The van der Waals surface area contributed by atoms with E-state index < -0.39 is 0 Å². The Hall–Kier alpha value is -1.55. The van der Waals surface area contributed by atoms with Gasteiger partial charge in [0, 0.05) is 18.0 Å². The smallest absolute Gasteiger partial charge is 0.242 e. The Morgan fingerprint density at radius 1 is 1.39 bits per heavy atom. The van der Waals surface area contributed by atoms with Crippen molar-refractivity contribution >= 4 is 23.4 Å². The summed E-state index contributed by atoms with van der Waals surface area (Å²) in [4.78, 5) is 24.9. The molecule has 1 saturated heterocycles. The van der Waals surface area contributed by atoms with Gasteiger partial charge < -0.3 is 10.2 Å². The lowest BCUT2D eigenvalue weighted by atomic mass is 10.1. The first-order valence-corrected chi connectivity index (χ1v) is 6.27. The molecule has 2 amide bonds. The quantitative estimate of drug-likeness (QED) is 0.887. The van der Waals surface area contributed by atoms with Crippen LogP contribution in [0.2, 0.25) is 5.02 Å². The van der Waals surface area contributed by atoms with Gasteiger partial charge in [-0.05, 0) is 24.6 Å². The number of carbonyl (C=O) groups excluding carboxylic acids is 2. The maximum absolute atomic E-state index is 11.9. The molecule has 0 radical (unpaired) electrons.